The van der Waals surface area contributed by atoms with Crippen molar-refractivity contribution >= 4 is 23.6 Å². The quantitative estimate of drug-likeness (QED) is 0.604. The monoisotopic (exact) mass is 405 g/mol. The number of carbonyl (C=O) groups is 4. The molecule has 3 atom stereocenters. The fourth-order valence-electron chi connectivity index (χ4n) is 3.74. The van der Waals surface area contributed by atoms with Crippen LogP contribution in [0.2, 0.25) is 0 Å². The highest BCUT2D eigenvalue weighted by atomic mass is 16.2. The molecule has 2 fully saturated rings. The number of amides is 4. The van der Waals surface area contributed by atoms with Crippen LogP contribution in [-0.4, -0.2) is 59.7 Å². The minimum atomic E-state index is -0.833. The first kappa shape index (κ1) is 22.7. The van der Waals surface area contributed by atoms with Crippen molar-refractivity contribution in [2.75, 3.05) is 13.1 Å². The van der Waals surface area contributed by atoms with Crippen molar-refractivity contribution < 1.29 is 19.2 Å². The second-order valence-electron chi connectivity index (χ2n) is 8.12. The van der Waals surface area contributed by atoms with Gasteiger partial charge in [0.2, 0.25) is 23.6 Å². The third-order valence-electron chi connectivity index (χ3n) is 5.23. The normalized spacial score (nSPS) is 27.7. The third kappa shape index (κ3) is 6.73. The lowest BCUT2D eigenvalue weighted by atomic mass is 10.0. The van der Waals surface area contributed by atoms with Crippen molar-refractivity contribution in [1.29, 1.82) is 5.26 Å². The first-order valence-corrected chi connectivity index (χ1v) is 10.4. The predicted octanol–water partition coefficient (Wildman–Crippen LogP) is 0.207. The van der Waals surface area contributed by atoms with Crippen molar-refractivity contribution in [1.82, 2.24) is 20.9 Å². The van der Waals surface area contributed by atoms with Crippen LogP contribution in [0.5, 0.6) is 0 Å². The lowest BCUT2D eigenvalue weighted by Gasteiger charge is -2.25. The van der Waals surface area contributed by atoms with Gasteiger partial charge in [0.15, 0.2) is 0 Å². The third-order valence-corrected chi connectivity index (χ3v) is 5.23. The first-order valence-electron chi connectivity index (χ1n) is 10.4. The van der Waals surface area contributed by atoms with Gasteiger partial charge >= 0.3 is 0 Å². The molecule has 29 heavy (non-hydrogen) atoms. The zero-order valence-corrected chi connectivity index (χ0v) is 17.2. The molecule has 0 spiro atoms. The summed E-state index contributed by atoms with van der Waals surface area (Å²) in [4.78, 5) is 51.5. The van der Waals surface area contributed by atoms with E-state index in [2.05, 4.69) is 16.0 Å². The predicted molar refractivity (Wildman–Crippen MR) is 105 cm³/mol. The van der Waals surface area contributed by atoms with Crippen LogP contribution in [0.4, 0.5) is 0 Å². The molecule has 3 N–H and O–H groups in total. The van der Waals surface area contributed by atoms with Crippen molar-refractivity contribution in [2.24, 2.45) is 5.92 Å². The average molecular weight is 405 g/mol. The van der Waals surface area contributed by atoms with Crippen LogP contribution >= 0.6 is 0 Å². The lowest BCUT2D eigenvalue weighted by molar-refractivity contribution is -0.138. The zero-order valence-electron chi connectivity index (χ0n) is 17.2. The minimum Gasteiger partial charge on any atom is -0.354 e. The van der Waals surface area contributed by atoms with Crippen LogP contribution in [0.3, 0.4) is 0 Å². The van der Waals surface area contributed by atoms with Crippen LogP contribution in [0, 0.1) is 17.2 Å². The molecule has 2 aliphatic heterocycles. The van der Waals surface area contributed by atoms with E-state index in [0.29, 0.717) is 32.4 Å². The van der Waals surface area contributed by atoms with Crippen molar-refractivity contribution in [3.8, 4) is 6.07 Å². The van der Waals surface area contributed by atoms with E-state index in [1.807, 2.05) is 19.9 Å². The van der Waals surface area contributed by atoms with Crippen LogP contribution < -0.4 is 16.0 Å². The molecule has 0 aromatic rings. The molecule has 0 bridgehead atoms. The van der Waals surface area contributed by atoms with Crippen LogP contribution in [0.25, 0.3) is 0 Å². The fraction of sp³-hybridized carbons (Fsp3) is 0.750. The molecular formula is C20H31N5O4. The number of rotatable bonds is 2. The van der Waals surface area contributed by atoms with Gasteiger partial charge in [-0.25, -0.2) is 0 Å². The second kappa shape index (κ2) is 10.8. The first-order chi connectivity index (χ1) is 13.8. The molecule has 9 heteroatoms. The Bertz CT molecular complexity index is 672. The van der Waals surface area contributed by atoms with Crippen molar-refractivity contribution in [3.63, 3.8) is 0 Å². The van der Waals surface area contributed by atoms with Gasteiger partial charge in [-0.1, -0.05) is 13.8 Å². The van der Waals surface area contributed by atoms with E-state index in [0.717, 1.165) is 6.42 Å². The van der Waals surface area contributed by atoms with Gasteiger partial charge < -0.3 is 20.9 Å². The molecule has 0 aromatic carbocycles. The maximum absolute atomic E-state index is 12.6. The Balaban J connectivity index is 2.14. The van der Waals surface area contributed by atoms with E-state index >= 15 is 0 Å². The highest BCUT2D eigenvalue weighted by molar-refractivity contribution is 5.89. The number of fused-ring (bicyclic) bond motifs is 1. The lowest BCUT2D eigenvalue weighted by Crippen LogP contribution is -2.51. The molecule has 4 amide bonds. The smallest absolute Gasteiger partial charge is 0.243 e. The fourth-order valence-corrected chi connectivity index (χ4v) is 3.74. The van der Waals surface area contributed by atoms with E-state index in [1.54, 1.807) is 4.90 Å². The highest BCUT2D eigenvalue weighted by Crippen LogP contribution is 2.19. The van der Waals surface area contributed by atoms with E-state index in [9.17, 15) is 24.4 Å². The number of hydrogen-bond acceptors (Lipinski definition) is 5. The number of hydrogen-bond donors (Lipinski definition) is 3. The van der Waals surface area contributed by atoms with E-state index in [1.165, 1.54) is 0 Å². The van der Waals surface area contributed by atoms with Gasteiger partial charge in [-0.3, -0.25) is 19.2 Å². The van der Waals surface area contributed by atoms with E-state index < -0.39 is 24.0 Å². The Hall–Kier alpha value is -2.63. The molecule has 0 aliphatic carbocycles. The van der Waals surface area contributed by atoms with E-state index in [-0.39, 0.29) is 42.9 Å². The Labute approximate surface area is 171 Å². The Morgan fingerprint density at radius 2 is 1.83 bits per heavy atom. The molecule has 2 heterocycles. The summed E-state index contributed by atoms with van der Waals surface area (Å²) < 4.78 is 0. The SMILES string of the molecule is CC(C)C[C@@H]1NC(=O)CCCNC(=O)[C@H]2CCCN2C(=O)CC[C@@H](C#N)NC1=O. The number of nitrogens with one attached hydrogen (secondary N) is 3. The number of nitrogens with zero attached hydrogens (tertiary/aromatic N) is 2. The van der Waals surface area contributed by atoms with Crippen LogP contribution in [0.1, 0.15) is 58.8 Å². The minimum absolute atomic E-state index is 0.0729. The van der Waals surface area contributed by atoms with Crippen molar-refractivity contribution in [2.45, 2.75) is 76.9 Å². The zero-order chi connectivity index (χ0) is 21.4. The Morgan fingerprint density at radius 3 is 2.52 bits per heavy atom. The summed E-state index contributed by atoms with van der Waals surface area (Å²) in [5.74, 6) is -0.892. The number of nitriles is 1. The summed E-state index contributed by atoms with van der Waals surface area (Å²) in [6, 6.07) is -0.0579. The van der Waals surface area contributed by atoms with E-state index in [4.69, 9.17) is 0 Å². The molecule has 2 saturated heterocycles. The maximum atomic E-state index is 12.6. The molecule has 0 unspecified atom stereocenters. The van der Waals surface area contributed by atoms with Gasteiger partial charge in [0.1, 0.15) is 18.1 Å². The summed E-state index contributed by atoms with van der Waals surface area (Å²) in [6.07, 6.45) is 2.65. The largest absolute Gasteiger partial charge is 0.354 e. The summed E-state index contributed by atoms with van der Waals surface area (Å²) in [6.45, 7) is 4.74. The van der Waals surface area contributed by atoms with Gasteiger partial charge in [-0.05, 0) is 38.0 Å². The van der Waals surface area contributed by atoms with Gasteiger partial charge in [-0.2, -0.15) is 5.26 Å². The van der Waals surface area contributed by atoms with Crippen LogP contribution in [-0.2, 0) is 19.2 Å². The molecule has 0 saturated carbocycles. The van der Waals surface area contributed by atoms with Gasteiger partial charge in [0.05, 0.1) is 6.07 Å². The summed E-state index contributed by atoms with van der Waals surface area (Å²) in [5.41, 5.74) is 0. The van der Waals surface area contributed by atoms with Gasteiger partial charge in [-0.15, -0.1) is 0 Å². The molecule has 160 valence electrons. The topological polar surface area (TPSA) is 131 Å². The summed E-state index contributed by atoms with van der Waals surface area (Å²) >= 11 is 0. The molecule has 2 aliphatic rings. The maximum Gasteiger partial charge on any atom is 0.243 e. The molecule has 2 rings (SSSR count). The Kier molecular flexibility index (Phi) is 8.43. The average Bonchev–Trinajstić information content (AvgIpc) is 3.16. The highest BCUT2D eigenvalue weighted by Gasteiger charge is 2.34. The number of carbonyl (C=O) groups excluding carboxylic acids is 4. The van der Waals surface area contributed by atoms with Crippen LogP contribution in [0.15, 0.2) is 0 Å². The standard InChI is InChI=1S/C20H31N5O4/c1-13(2)11-15-19(28)23-14(12-21)7-8-18(27)25-10-4-5-16(25)20(29)22-9-3-6-17(26)24-15/h13-16H,3-11H2,1-2H3,(H,22,29)(H,23,28)(H,24,26)/t14-,15-,16+/m0/s1. The molecule has 0 aromatic heterocycles. The van der Waals surface area contributed by atoms with Crippen molar-refractivity contribution in [3.05, 3.63) is 0 Å². The molecule has 9 nitrogen and oxygen atoms in total. The molecular weight excluding hydrogens is 374 g/mol. The van der Waals surface area contributed by atoms with Gasteiger partial charge in [0, 0.05) is 25.9 Å². The molecule has 0 radical (unpaired) electrons. The van der Waals surface area contributed by atoms with Gasteiger partial charge in [0.25, 0.3) is 0 Å². The summed E-state index contributed by atoms with van der Waals surface area (Å²) in [7, 11) is 0. The Morgan fingerprint density at radius 1 is 1.07 bits per heavy atom. The second-order valence-corrected chi connectivity index (χ2v) is 8.12. The summed E-state index contributed by atoms with van der Waals surface area (Å²) in [5, 5.41) is 17.6.